The predicted molar refractivity (Wildman–Crippen MR) is 96.4 cm³/mol. The smallest absolute Gasteiger partial charge is 0.485 e. The Bertz CT molecular complexity index is 804. The lowest BCUT2D eigenvalue weighted by molar-refractivity contribution is 0.00578. The molecule has 0 spiro atoms. The van der Waals surface area contributed by atoms with Gasteiger partial charge in [0.2, 0.25) is 0 Å². The van der Waals surface area contributed by atoms with Gasteiger partial charge in [-0.05, 0) is 38.7 Å². The van der Waals surface area contributed by atoms with Crippen molar-refractivity contribution in [2.75, 3.05) is 0 Å². The topological polar surface area (TPSA) is 73.4 Å². The number of aromatic amines is 1. The summed E-state index contributed by atoms with van der Waals surface area (Å²) in [7, 11) is -0.397. The van der Waals surface area contributed by atoms with Crippen LogP contribution >= 0.6 is 11.6 Å². The molecular formula is C17H20BClN2O4. The highest BCUT2D eigenvalue weighted by atomic mass is 35.5. The highest BCUT2D eigenvalue weighted by Crippen LogP contribution is 2.36. The maximum Gasteiger partial charge on any atom is 0.494 e. The second kappa shape index (κ2) is 6.48. The summed E-state index contributed by atoms with van der Waals surface area (Å²) in [5.41, 5.74) is 0.651. The van der Waals surface area contributed by atoms with Gasteiger partial charge in [0.1, 0.15) is 6.61 Å². The maximum absolute atomic E-state index is 11.4. The summed E-state index contributed by atoms with van der Waals surface area (Å²) in [5.74, 6) is 0.250. The Labute approximate surface area is 151 Å². The van der Waals surface area contributed by atoms with E-state index in [0.717, 1.165) is 11.0 Å². The number of nitrogens with one attached hydrogen (secondary N) is 1. The van der Waals surface area contributed by atoms with E-state index in [0.29, 0.717) is 0 Å². The lowest BCUT2D eigenvalue weighted by Crippen LogP contribution is -2.41. The third-order valence-corrected chi connectivity index (χ3v) is 5.02. The zero-order valence-corrected chi connectivity index (χ0v) is 15.4. The van der Waals surface area contributed by atoms with E-state index in [-0.39, 0.29) is 28.6 Å². The molecule has 1 aromatic heterocycles. The van der Waals surface area contributed by atoms with Gasteiger partial charge >= 0.3 is 7.12 Å². The van der Waals surface area contributed by atoms with Gasteiger partial charge in [-0.3, -0.25) is 4.79 Å². The fraction of sp³-hybridized carbons (Fsp3) is 0.412. The van der Waals surface area contributed by atoms with E-state index in [1.807, 2.05) is 52.0 Å². The fourth-order valence-electron chi connectivity index (χ4n) is 2.38. The number of hydrogen-bond donors (Lipinski definition) is 1. The standard InChI is InChI=1S/C17H20BClN2O4/c1-16(2)17(3,4)25-18(24-16)12-7-5-11(6-8-12)10-23-13-9-20-21-15(22)14(13)19/h5-9H,10H2,1-4H3,(H,21,22). The monoisotopic (exact) mass is 362 g/mol. The number of hydrogen-bond acceptors (Lipinski definition) is 5. The first kappa shape index (κ1) is 18.0. The minimum atomic E-state index is -0.477. The zero-order chi connectivity index (χ0) is 18.2. The summed E-state index contributed by atoms with van der Waals surface area (Å²) < 4.78 is 17.6. The van der Waals surface area contributed by atoms with E-state index >= 15 is 0 Å². The molecule has 25 heavy (non-hydrogen) atoms. The van der Waals surface area contributed by atoms with Gasteiger partial charge in [0, 0.05) is 0 Å². The van der Waals surface area contributed by atoms with Crippen LogP contribution in [0.5, 0.6) is 5.75 Å². The maximum atomic E-state index is 11.4. The van der Waals surface area contributed by atoms with E-state index in [2.05, 4.69) is 10.2 Å². The Morgan fingerprint density at radius 3 is 2.36 bits per heavy atom. The Morgan fingerprint density at radius 1 is 1.16 bits per heavy atom. The van der Waals surface area contributed by atoms with Crippen LogP contribution in [0.2, 0.25) is 5.02 Å². The molecule has 0 saturated carbocycles. The van der Waals surface area contributed by atoms with Crippen LogP contribution in [0.15, 0.2) is 35.3 Å². The first-order valence-electron chi connectivity index (χ1n) is 8.00. The molecule has 2 aromatic rings. The van der Waals surface area contributed by atoms with Gasteiger partial charge < -0.3 is 14.0 Å². The Kier molecular flexibility index (Phi) is 4.66. The normalized spacial score (nSPS) is 18.4. The number of H-pyrrole nitrogens is 1. The number of benzene rings is 1. The van der Waals surface area contributed by atoms with E-state index in [1.165, 1.54) is 6.20 Å². The molecule has 1 aliphatic heterocycles. The number of rotatable bonds is 4. The zero-order valence-electron chi connectivity index (χ0n) is 14.6. The van der Waals surface area contributed by atoms with Crippen LogP contribution in [-0.2, 0) is 15.9 Å². The van der Waals surface area contributed by atoms with Crippen LogP contribution in [0.1, 0.15) is 33.3 Å². The molecule has 1 saturated heterocycles. The average molecular weight is 363 g/mol. The van der Waals surface area contributed by atoms with Crippen molar-refractivity contribution in [2.45, 2.75) is 45.5 Å². The SMILES string of the molecule is CC1(C)OB(c2ccc(COc3cn[nH]c(=O)c3Cl)cc2)OC1(C)C. The van der Waals surface area contributed by atoms with Gasteiger partial charge in [0.25, 0.3) is 5.56 Å². The van der Waals surface area contributed by atoms with Crippen LogP contribution in [0, 0.1) is 0 Å². The molecule has 0 bridgehead atoms. The van der Waals surface area contributed by atoms with Crippen LogP contribution < -0.4 is 15.8 Å². The third-order valence-electron chi connectivity index (χ3n) is 4.66. The number of halogens is 1. The van der Waals surface area contributed by atoms with E-state index in [4.69, 9.17) is 25.6 Å². The van der Waals surface area contributed by atoms with Gasteiger partial charge in [-0.2, -0.15) is 5.10 Å². The van der Waals surface area contributed by atoms with Gasteiger partial charge in [-0.15, -0.1) is 0 Å². The molecule has 0 atom stereocenters. The molecule has 0 amide bonds. The Balaban J connectivity index is 1.67. The van der Waals surface area contributed by atoms with Gasteiger partial charge in [-0.1, -0.05) is 35.9 Å². The molecule has 1 aliphatic rings. The second-order valence-electron chi connectivity index (χ2n) is 7.00. The van der Waals surface area contributed by atoms with Crippen molar-refractivity contribution in [3.8, 4) is 5.75 Å². The van der Waals surface area contributed by atoms with Crippen molar-refractivity contribution in [2.24, 2.45) is 0 Å². The van der Waals surface area contributed by atoms with Gasteiger partial charge in [0.05, 0.1) is 17.4 Å². The van der Waals surface area contributed by atoms with Crippen LogP contribution in [0.4, 0.5) is 0 Å². The van der Waals surface area contributed by atoms with E-state index in [9.17, 15) is 4.79 Å². The Morgan fingerprint density at radius 2 is 1.76 bits per heavy atom. The largest absolute Gasteiger partial charge is 0.494 e. The fourth-order valence-corrected chi connectivity index (χ4v) is 2.52. The quantitative estimate of drug-likeness (QED) is 0.845. The van der Waals surface area contributed by atoms with Crippen molar-refractivity contribution in [3.63, 3.8) is 0 Å². The van der Waals surface area contributed by atoms with Crippen LogP contribution in [-0.4, -0.2) is 28.5 Å². The van der Waals surface area contributed by atoms with Crippen molar-refractivity contribution < 1.29 is 14.0 Å². The Hall–Kier alpha value is -1.83. The first-order valence-corrected chi connectivity index (χ1v) is 8.38. The molecular weight excluding hydrogens is 342 g/mol. The third kappa shape index (κ3) is 3.59. The van der Waals surface area contributed by atoms with E-state index in [1.54, 1.807) is 0 Å². The summed E-state index contributed by atoms with van der Waals surface area (Å²) in [5, 5.41) is 5.91. The van der Waals surface area contributed by atoms with Crippen molar-refractivity contribution in [1.82, 2.24) is 10.2 Å². The molecule has 6 nitrogen and oxygen atoms in total. The first-order chi connectivity index (χ1) is 11.7. The molecule has 0 aliphatic carbocycles. The molecule has 8 heteroatoms. The molecule has 1 aromatic carbocycles. The average Bonchev–Trinajstić information content (AvgIpc) is 2.77. The van der Waals surface area contributed by atoms with Crippen molar-refractivity contribution in [1.29, 1.82) is 0 Å². The highest BCUT2D eigenvalue weighted by Gasteiger charge is 2.51. The van der Waals surface area contributed by atoms with Gasteiger partial charge in [0.15, 0.2) is 10.8 Å². The van der Waals surface area contributed by atoms with Crippen molar-refractivity contribution in [3.05, 3.63) is 51.4 Å². The summed E-state index contributed by atoms with van der Waals surface area (Å²) in [6.45, 7) is 8.36. The number of aromatic nitrogens is 2. The van der Waals surface area contributed by atoms with Crippen molar-refractivity contribution >= 4 is 24.2 Å². The minimum absolute atomic E-state index is 0.0103. The summed E-state index contributed by atoms with van der Waals surface area (Å²) in [6, 6.07) is 7.74. The number of ether oxygens (including phenoxy) is 1. The predicted octanol–water partition coefficient (Wildman–Crippen LogP) is 2.30. The molecule has 0 unspecified atom stereocenters. The highest BCUT2D eigenvalue weighted by molar-refractivity contribution is 6.62. The van der Waals surface area contributed by atoms with E-state index < -0.39 is 12.7 Å². The molecule has 2 heterocycles. The lowest BCUT2D eigenvalue weighted by Gasteiger charge is -2.32. The van der Waals surface area contributed by atoms with Crippen LogP contribution in [0.3, 0.4) is 0 Å². The lowest BCUT2D eigenvalue weighted by atomic mass is 9.79. The summed E-state index contributed by atoms with van der Waals surface area (Å²) in [6.07, 6.45) is 1.38. The summed E-state index contributed by atoms with van der Waals surface area (Å²) in [4.78, 5) is 11.4. The van der Waals surface area contributed by atoms with Crippen LogP contribution in [0.25, 0.3) is 0 Å². The van der Waals surface area contributed by atoms with Gasteiger partial charge in [-0.25, -0.2) is 5.10 Å². The molecule has 3 rings (SSSR count). The summed E-state index contributed by atoms with van der Waals surface area (Å²) >= 11 is 5.88. The molecule has 132 valence electrons. The molecule has 1 N–H and O–H groups in total. The number of nitrogens with zero attached hydrogens (tertiary/aromatic N) is 1. The second-order valence-corrected chi connectivity index (χ2v) is 7.37. The molecule has 0 radical (unpaired) electrons. The molecule has 1 fully saturated rings. The minimum Gasteiger partial charge on any atom is -0.485 e.